The summed E-state index contributed by atoms with van der Waals surface area (Å²) in [5.74, 6) is 0. The summed E-state index contributed by atoms with van der Waals surface area (Å²) in [6.45, 7) is 7.54. The van der Waals surface area contributed by atoms with Crippen LogP contribution in [-0.2, 0) is 4.74 Å². The highest BCUT2D eigenvalue weighted by Crippen LogP contribution is 2.24. The molecule has 2 atom stereocenters. The van der Waals surface area contributed by atoms with Gasteiger partial charge in [-0.25, -0.2) is 0 Å². The van der Waals surface area contributed by atoms with Crippen LogP contribution in [0, 0.1) is 6.92 Å². The van der Waals surface area contributed by atoms with Crippen molar-refractivity contribution in [1.29, 1.82) is 0 Å². The van der Waals surface area contributed by atoms with Crippen molar-refractivity contribution >= 4 is 11.3 Å². The first-order valence-corrected chi connectivity index (χ1v) is 6.86. The van der Waals surface area contributed by atoms with E-state index >= 15 is 0 Å². The second-order valence-corrected chi connectivity index (χ2v) is 5.39. The van der Waals surface area contributed by atoms with Crippen LogP contribution in [-0.4, -0.2) is 19.8 Å². The molecule has 0 saturated carbocycles. The average molecular weight is 241 g/mol. The van der Waals surface area contributed by atoms with E-state index in [9.17, 15) is 0 Å². The van der Waals surface area contributed by atoms with Gasteiger partial charge in [-0.15, -0.1) is 11.3 Å². The van der Waals surface area contributed by atoms with Crippen molar-refractivity contribution in [3.63, 3.8) is 0 Å². The summed E-state index contributed by atoms with van der Waals surface area (Å²) >= 11 is 1.82. The van der Waals surface area contributed by atoms with Gasteiger partial charge in [-0.05, 0) is 50.2 Å². The topological polar surface area (TPSA) is 21.3 Å². The molecule has 0 aliphatic carbocycles. The number of ether oxygens (including phenoxy) is 1. The molecule has 0 aromatic carbocycles. The van der Waals surface area contributed by atoms with Gasteiger partial charge in [0.2, 0.25) is 0 Å². The molecule has 0 fully saturated rings. The summed E-state index contributed by atoms with van der Waals surface area (Å²) in [6, 6.07) is 2.71. The Bertz CT molecular complexity index is 298. The van der Waals surface area contributed by atoms with Crippen LogP contribution in [0.4, 0.5) is 0 Å². The molecule has 92 valence electrons. The predicted molar refractivity (Wildman–Crippen MR) is 71.2 cm³/mol. The van der Waals surface area contributed by atoms with Gasteiger partial charge in [0, 0.05) is 18.0 Å². The molecule has 2 nitrogen and oxygen atoms in total. The van der Waals surface area contributed by atoms with Crippen molar-refractivity contribution in [2.75, 3.05) is 13.7 Å². The maximum Gasteiger partial charge on any atom is 0.0561 e. The molecule has 3 heteroatoms. The zero-order chi connectivity index (χ0) is 12.0. The van der Waals surface area contributed by atoms with Gasteiger partial charge in [0.05, 0.1) is 6.10 Å². The average Bonchev–Trinajstić information content (AvgIpc) is 2.70. The Balaban J connectivity index is 2.62. The fourth-order valence-electron chi connectivity index (χ4n) is 1.73. The minimum Gasteiger partial charge on any atom is -0.382 e. The van der Waals surface area contributed by atoms with E-state index in [1.165, 1.54) is 16.9 Å². The van der Waals surface area contributed by atoms with E-state index in [-0.39, 0.29) is 0 Å². The van der Waals surface area contributed by atoms with Crippen molar-refractivity contribution in [2.24, 2.45) is 0 Å². The second kappa shape index (κ2) is 7.05. The SMILES string of the molecule is CCCNC(CC(C)OC)c1csc(C)c1. The Labute approximate surface area is 103 Å². The molecule has 1 aromatic heterocycles. The molecule has 2 unspecified atom stereocenters. The lowest BCUT2D eigenvalue weighted by atomic mass is 10.0. The summed E-state index contributed by atoms with van der Waals surface area (Å²) in [5.41, 5.74) is 1.40. The monoisotopic (exact) mass is 241 g/mol. The van der Waals surface area contributed by atoms with E-state index in [4.69, 9.17) is 4.74 Å². The molecule has 1 rings (SSSR count). The van der Waals surface area contributed by atoms with Crippen LogP contribution in [0.5, 0.6) is 0 Å². The first-order valence-electron chi connectivity index (χ1n) is 5.98. The van der Waals surface area contributed by atoms with Crippen molar-refractivity contribution in [1.82, 2.24) is 5.32 Å². The third-order valence-corrected chi connectivity index (χ3v) is 3.64. The van der Waals surface area contributed by atoms with Gasteiger partial charge >= 0.3 is 0 Å². The van der Waals surface area contributed by atoms with Gasteiger partial charge < -0.3 is 10.1 Å². The minimum absolute atomic E-state index is 0.301. The maximum atomic E-state index is 5.35. The van der Waals surface area contributed by atoms with Gasteiger partial charge in [0.1, 0.15) is 0 Å². The van der Waals surface area contributed by atoms with Crippen molar-refractivity contribution < 1.29 is 4.74 Å². The molecule has 0 radical (unpaired) electrons. The third kappa shape index (κ3) is 4.24. The molecule has 0 bridgehead atoms. The first kappa shape index (κ1) is 13.7. The molecular weight excluding hydrogens is 218 g/mol. The fourth-order valence-corrected chi connectivity index (χ4v) is 2.49. The van der Waals surface area contributed by atoms with Crippen molar-refractivity contribution in [2.45, 2.75) is 45.8 Å². The van der Waals surface area contributed by atoms with E-state index < -0.39 is 0 Å². The zero-order valence-electron chi connectivity index (χ0n) is 10.7. The zero-order valence-corrected chi connectivity index (χ0v) is 11.6. The summed E-state index contributed by atoms with van der Waals surface area (Å²) in [7, 11) is 1.78. The summed E-state index contributed by atoms with van der Waals surface area (Å²) in [5, 5.41) is 5.85. The number of hydrogen-bond acceptors (Lipinski definition) is 3. The second-order valence-electron chi connectivity index (χ2n) is 4.28. The summed E-state index contributed by atoms with van der Waals surface area (Å²) < 4.78 is 5.35. The van der Waals surface area contributed by atoms with Gasteiger partial charge in [-0.3, -0.25) is 0 Å². The standard InChI is InChI=1S/C13H23NOS/c1-5-6-14-13(7-10(2)15-4)12-8-11(3)16-9-12/h8-10,13-14H,5-7H2,1-4H3. The van der Waals surface area contributed by atoms with Crippen LogP contribution >= 0.6 is 11.3 Å². The van der Waals surface area contributed by atoms with Crippen molar-refractivity contribution in [3.8, 4) is 0 Å². The Morgan fingerprint density at radius 3 is 2.75 bits per heavy atom. The van der Waals surface area contributed by atoms with Crippen LogP contribution in [0.2, 0.25) is 0 Å². The lowest BCUT2D eigenvalue weighted by Gasteiger charge is -2.20. The molecule has 1 heterocycles. The highest BCUT2D eigenvalue weighted by molar-refractivity contribution is 7.10. The normalized spacial score (nSPS) is 15.0. The molecule has 16 heavy (non-hydrogen) atoms. The number of rotatable bonds is 7. The van der Waals surface area contributed by atoms with E-state index in [0.29, 0.717) is 12.1 Å². The molecule has 0 saturated heterocycles. The molecule has 1 aromatic rings. The largest absolute Gasteiger partial charge is 0.382 e. The fraction of sp³-hybridized carbons (Fsp3) is 0.692. The highest BCUT2D eigenvalue weighted by atomic mass is 32.1. The lowest BCUT2D eigenvalue weighted by molar-refractivity contribution is 0.100. The van der Waals surface area contributed by atoms with Crippen LogP contribution < -0.4 is 5.32 Å². The number of hydrogen-bond donors (Lipinski definition) is 1. The van der Waals surface area contributed by atoms with E-state index in [1.54, 1.807) is 7.11 Å². The summed E-state index contributed by atoms with van der Waals surface area (Å²) in [6.07, 6.45) is 2.50. The van der Waals surface area contributed by atoms with Gasteiger partial charge in [0.25, 0.3) is 0 Å². The van der Waals surface area contributed by atoms with E-state index in [0.717, 1.165) is 13.0 Å². The van der Waals surface area contributed by atoms with Gasteiger partial charge in [-0.2, -0.15) is 0 Å². The molecule has 0 amide bonds. The summed E-state index contributed by atoms with van der Waals surface area (Å²) in [4.78, 5) is 1.38. The van der Waals surface area contributed by atoms with Gasteiger partial charge in [0.15, 0.2) is 0 Å². The Morgan fingerprint density at radius 1 is 1.50 bits per heavy atom. The van der Waals surface area contributed by atoms with E-state index in [2.05, 4.69) is 37.5 Å². The predicted octanol–water partition coefficient (Wildman–Crippen LogP) is 3.52. The number of methoxy groups -OCH3 is 1. The number of thiophene rings is 1. The van der Waals surface area contributed by atoms with Gasteiger partial charge in [-0.1, -0.05) is 6.92 Å². The molecule has 0 aliphatic heterocycles. The Morgan fingerprint density at radius 2 is 2.25 bits per heavy atom. The van der Waals surface area contributed by atoms with Crippen LogP contribution in [0.1, 0.15) is 43.2 Å². The van der Waals surface area contributed by atoms with Crippen LogP contribution in [0.3, 0.4) is 0 Å². The maximum absolute atomic E-state index is 5.35. The third-order valence-electron chi connectivity index (χ3n) is 2.76. The highest BCUT2D eigenvalue weighted by Gasteiger charge is 2.15. The lowest BCUT2D eigenvalue weighted by Crippen LogP contribution is -2.25. The first-order chi connectivity index (χ1) is 7.67. The molecule has 0 aliphatic rings. The van der Waals surface area contributed by atoms with Crippen LogP contribution in [0.15, 0.2) is 11.4 Å². The minimum atomic E-state index is 0.301. The molecule has 0 spiro atoms. The van der Waals surface area contributed by atoms with Crippen LogP contribution in [0.25, 0.3) is 0 Å². The Kier molecular flexibility index (Phi) is 6.03. The van der Waals surface area contributed by atoms with E-state index in [1.807, 2.05) is 11.3 Å². The Hall–Kier alpha value is -0.380. The smallest absolute Gasteiger partial charge is 0.0561 e. The van der Waals surface area contributed by atoms with Crippen molar-refractivity contribution in [3.05, 3.63) is 21.9 Å². The number of aryl methyl sites for hydroxylation is 1. The molecule has 1 N–H and O–H groups in total. The molecular formula is C13H23NOS. The quantitative estimate of drug-likeness (QED) is 0.788. The number of nitrogens with one attached hydrogen (secondary N) is 1.